The molecule has 0 bridgehead atoms. The number of carbonyl (C=O) groups excluding carboxylic acids is 1. The smallest absolute Gasteiger partial charge is 0.325 e. The molecule has 2 aromatic heterocycles. The molecule has 1 aliphatic rings. The molecule has 3 aromatic rings. The van der Waals surface area contributed by atoms with Gasteiger partial charge in [-0.15, -0.1) is 0 Å². The third kappa shape index (κ3) is 2.59. The number of aromatic nitrogens is 4. The second-order valence-electron chi connectivity index (χ2n) is 6.11. The Hall–Kier alpha value is -2.97. The highest BCUT2D eigenvalue weighted by Crippen LogP contribution is 2.41. The number of alkyl halides is 3. The Bertz CT molecular complexity index is 1010. The van der Waals surface area contributed by atoms with Gasteiger partial charge < -0.3 is 5.32 Å². The van der Waals surface area contributed by atoms with Crippen LogP contribution in [0.4, 0.5) is 18.9 Å². The zero-order valence-electron chi connectivity index (χ0n) is 13.7. The molecule has 0 radical (unpaired) electrons. The second kappa shape index (κ2) is 5.79. The average molecular weight is 361 g/mol. The molecule has 0 fully saturated rings. The summed E-state index contributed by atoms with van der Waals surface area (Å²) in [5.74, 6) is -1.35. The van der Waals surface area contributed by atoms with Gasteiger partial charge in [-0.2, -0.15) is 18.3 Å². The minimum absolute atomic E-state index is 0.257. The van der Waals surface area contributed by atoms with Gasteiger partial charge in [-0.25, -0.2) is 9.97 Å². The van der Waals surface area contributed by atoms with E-state index in [0.717, 1.165) is 18.6 Å². The summed E-state index contributed by atoms with van der Waals surface area (Å²) < 4.78 is 40.9. The summed E-state index contributed by atoms with van der Waals surface area (Å²) in [6.45, 7) is 2.67. The molecule has 26 heavy (non-hydrogen) atoms. The van der Waals surface area contributed by atoms with Gasteiger partial charge in [0.25, 0.3) is 0 Å². The predicted octanol–water partition coefficient (Wildman–Crippen LogP) is 3.34. The molecule has 0 saturated carbocycles. The zero-order chi connectivity index (χ0) is 18.5. The van der Waals surface area contributed by atoms with E-state index < -0.39 is 23.6 Å². The van der Waals surface area contributed by atoms with Crippen molar-refractivity contribution in [2.24, 2.45) is 0 Å². The summed E-state index contributed by atoms with van der Waals surface area (Å²) in [4.78, 5) is 20.8. The van der Waals surface area contributed by atoms with E-state index in [4.69, 9.17) is 0 Å². The molecule has 3 heterocycles. The quantitative estimate of drug-likeness (QED) is 0.777. The Morgan fingerprint density at radius 2 is 2.08 bits per heavy atom. The number of hydrogen-bond donors (Lipinski definition) is 1. The van der Waals surface area contributed by atoms with Crippen molar-refractivity contribution in [1.82, 2.24) is 19.7 Å². The first-order chi connectivity index (χ1) is 12.4. The maximum Gasteiger partial charge on any atom is 0.416 e. The number of benzene rings is 1. The molecule has 1 aliphatic heterocycles. The predicted molar refractivity (Wildman–Crippen MR) is 87.5 cm³/mol. The van der Waals surface area contributed by atoms with E-state index in [-0.39, 0.29) is 5.56 Å². The molecule has 1 aromatic carbocycles. The first-order valence-corrected chi connectivity index (χ1v) is 8.08. The van der Waals surface area contributed by atoms with Crippen molar-refractivity contribution in [3.8, 4) is 0 Å². The molecule has 1 N–H and O–H groups in total. The van der Waals surface area contributed by atoms with Crippen LogP contribution < -0.4 is 5.32 Å². The van der Waals surface area contributed by atoms with Crippen LogP contribution in [-0.4, -0.2) is 25.7 Å². The van der Waals surface area contributed by atoms with Crippen LogP contribution in [0.3, 0.4) is 0 Å². The molecule has 134 valence electrons. The van der Waals surface area contributed by atoms with Crippen molar-refractivity contribution >= 4 is 22.6 Å². The summed E-state index contributed by atoms with van der Waals surface area (Å²) in [5, 5.41) is 7.52. The van der Waals surface area contributed by atoms with E-state index in [2.05, 4.69) is 20.4 Å². The lowest BCUT2D eigenvalue weighted by molar-refractivity contribution is -0.137. The third-order valence-electron chi connectivity index (χ3n) is 4.33. The summed E-state index contributed by atoms with van der Waals surface area (Å²) in [7, 11) is 0. The Morgan fingerprint density at radius 3 is 2.81 bits per heavy atom. The van der Waals surface area contributed by atoms with Crippen molar-refractivity contribution in [3.05, 3.63) is 47.5 Å². The molecule has 0 saturated heterocycles. The standard InChI is InChI=1S/C17H14F3N5O/c1-2-5-25-7-11-14(21-8-22-15(11)24-25)13-10-6-9(17(18,19)20)3-4-12(10)23-16(13)26/h3-4,6-8,13H,2,5H2,1H3,(H,23,26). The van der Waals surface area contributed by atoms with E-state index >= 15 is 0 Å². The fraction of sp³-hybridized carbons (Fsp3) is 0.294. The van der Waals surface area contributed by atoms with Crippen molar-refractivity contribution in [1.29, 1.82) is 0 Å². The van der Waals surface area contributed by atoms with Crippen LogP contribution in [0.15, 0.2) is 30.7 Å². The Morgan fingerprint density at radius 1 is 1.27 bits per heavy atom. The Labute approximate surface area is 146 Å². The van der Waals surface area contributed by atoms with E-state index in [9.17, 15) is 18.0 Å². The highest BCUT2D eigenvalue weighted by Gasteiger charge is 2.38. The molecular weight excluding hydrogens is 347 g/mol. The van der Waals surface area contributed by atoms with Crippen molar-refractivity contribution in [2.75, 3.05) is 5.32 Å². The lowest BCUT2D eigenvalue weighted by atomic mass is 9.94. The number of nitrogens with zero attached hydrogens (tertiary/aromatic N) is 4. The first kappa shape index (κ1) is 16.5. The topological polar surface area (TPSA) is 72.7 Å². The number of amides is 1. The Balaban J connectivity index is 1.87. The van der Waals surface area contributed by atoms with Gasteiger partial charge in [0.1, 0.15) is 12.2 Å². The lowest BCUT2D eigenvalue weighted by Gasteiger charge is -2.12. The number of halogens is 3. The van der Waals surface area contributed by atoms with Gasteiger partial charge in [0.2, 0.25) is 5.91 Å². The van der Waals surface area contributed by atoms with Gasteiger partial charge in [-0.05, 0) is 30.2 Å². The minimum Gasteiger partial charge on any atom is -0.325 e. The zero-order valence-corrected chi connectivity index (χ0v) is 13.7. The summed E-state index contributed by atoms with van der Waals surface area (Å²) in [6.07, 6.45) is -0.621. The highest BCUT2D eigenvalue weighted by molar-refractivity contribution is 6.06. The largest absolute Gasteiger partial charge is 0.416 e. The maximum atomic E-state index is 13.1. The van der Waals surface area contributed by atoms with Gasteiger partial charge in [-0.3, -0.25) is 9.48 Å². The summed E-state index contributed by atoms with van der Waals surface area (Å²) in [5.41, 5.74) is 0.586. The number of fused-ring (bicyclic) bond motifs is 2. The average Bonchev–Trinajstić information content (AvgIpc) is 3.13. The minimum atomic E-state index is -4.49. The van der Waals surface area contributed by atoms with Gasteiger partial charge in [0.15, 0.2) is 5.65 Å². The fourth-order valence-electron chi connectivity index (χ4n) is 3.19. The van der Waals surface area contributed by atoms with Crippen LogP contribution in [0.5, 0.6) is 0 Å². The SMILES string of the molecule is CCCn1cc2c(C3C(=O)Nc4ccc(C(F)(F)F)cc43)ncnc2n1. The number of nitrogens with one attached hydrogen (secondary N) is 1. The molecule has 1 amide bonds. The van der Waals surface area contributed by atoms with Crippen molar-refractivity contribution in [2.45, 2.75) is 32.0 Å². The van der Waals surface area contributed by atoms with E-state index in [0.29, 0.717) is 29.0 Å². The van der Waals surface area contributed by atoms with Crippen LogP contribution in [0, 0.1) is 0 Å². The van der Waals surface area contributed by atoms with Crippen LogP contribution in [0.2, 0.25) is 0 Å². The van der Waals surface area contributed by atoms with Crippen molar-refractivity contribution < 1.29 is 18.0 Å². The summed E-state index contributed by atoms with van der Waals surface area (Å²) >= 11 is 0. The van der Waals surface area contributed by atoms with Crippen LogP contribution in [0.25, 0.3) is 11.0 Å². The highest BCUT2D eigenvalue weighted by atomic mass is 19.4. The second-order valence-corrected chi connectivity index (χ2v) is 6.11. The van der Waals surface area contributed by atoms with E-state index in [1.54, 1.807) is 10.9 Å². The van der Waals surface area contributed by atoms with Crippen LogP contribution in [0.1, 0.15) is 36.1 Å². The van der Waals surface area contributed by atoms with Gasteiger partial charge >= 0.3 is 6.18 Å². The molecule has 6 nitrogen and oxygen atoms in total. The van der Waals surface area contributed by atoms with Crippen LogP contribution in [-0.2, 0) is 17.5 Å². The molecule has 1 atom stereocenters. The molecule has 9 heteroatoms. The molecular formula is C17H14F3N5O. The normalized spacial score (nSPS) is 16.8. The van der Waals surface area contributed by atoms with Gasteiger partial charge in [0, 0.05) is 18.4 Å². The fourth-order valence-corrected chi connectivity index (χ4v) is 3.19. The first-order valence-electron chi connectivity index (χ1n) is 8.08. The molecule has 0 aliphatic carbocycles. The van der Waals surface area contributed by atoms with Gasteiger partial charge in [0.05, 0.1) is 16.6 Å². The van der Waals surface area contributed by atoms with Gasteiger partial charge in [-0.1, -0.05) is 6.92 Å². The number of hydrogen-bond acceptors (Lipinski definition) is 4. The summed E-state index contributed by atoms with van der Waals surface area (Å²) in [6, 6.07) is 3.23. The number of rotatable bonds is 3. The molecule has 0 spiro atoms. The third-order valence-corrected chi connectivity index (χ3v) is 4.33. The maximum absolute atomic E-state index is 13.1. The molecule has 1 unspecified atom stereocenters. The number of aryl methyl sites for hydroxylation is 1. The lowest BCUT2D eigenvalue weighted by Crippen LogP contribution is -2.15. The van der Waals surface area contributed by atoms with Crippen LogP contribution >= 0.6 is 0 Å². The van der Waals surface area contributed by atoms with Crippen molar-refractivity contribution in [3.63, 3.8) is 0 Å². The number of carbonyl (C=O) groups is 1. The van der Waals surface area contributed by atoms with E-state index in [1.165, 1.54) is 12.4 Å². The Kier molecular flexibility index (Phi) is 3.67. The molecule has 4 rings (SSSR count). The monoisotopic (exact) mass is 361 g/mol. The van der Waals surface area contributed by atoms with E-state index in [1.807, 2.05) is 6.92 Å². The number of anilines is 1.